The lowest BCUT2D eigenvalue weighted by atomic mass is 9.74. The molecule has 0 atom stereocenters. The Kier molecular flexibility index (Phi) is 6.58. The fourth-order valence-electron chi connectivity index (χ4n) is 8.71. The lowest BCUT2D eigenvalue weighted by molar-refractivity contribution is 0.662. The van der Waals surface area contributed by atoms with Crippen LogP contribution in [0, 0.1) is 0 Å². The Morgan fingerprint density at radius 1 is 0.434 bits per heavy atom. The molecule has 10 aromatic rings. The van der Waals surface area contributed by atoms with Gasteiger partial charge in [-0.25, -0.2) is 0 Å². The first kappa shape index (κ1) is 30.2. The smallest absolute Gasteiger partial charge is 0.135 e. The summed E-state index contributed by atoms with van der Waals surface area (Å²) in [7, 11) is 0. The average Bonchev–Trinajstić information content (AvgIpc) is 3.86. The summed E-state index contributed by atoms with van der Waals surface area (Å²) in [6.07, 6.45) is 0. The van der Waals surface area contributed by atoms with Gasteiger partial charge in [0.1, 0.15) is 11.2 Å². The van der Waals surface area contributed by atoms with Crippen LogP contribution in [0.15, 0.2) is 186 Å². The number of anilines is 3. The van der Waals surface area contributed by atoms with Gasteiger partial charge in [0.15, 0.2) is 0 Å². The predicted octanol–water partition coefficient (Wildman–Crippen LogP) is 14.4. The lowest BCUT2D eigenvalue weighted by Crippen LogP contribution is -2.22. The van der Waals surface area contributed by atoms with Gasteiger partial charge in [-0.1, -0.05) is 121 Å². The van der Waals surface area contributed by atoms with Crippen molar-refractivity contribution in [2.24, 2.45) is 0 Å². The van der Waals surface area contributed by atoms with Crippen molar-refractivity contribution in [3.8, 4) is 22.3 Å². The SMILES string of the molecule is CC1(c2ccc3c(c2)oc2ccc(-c4ccc(N(c5ccccc5)c5ccc6c(c5)sc5ccccc56)cc4)cc23)c2ccccc2-c2ccccc21. The molecule has 0 amide bonds. The maximum absolute atomic E-state index is 6.56. The highest BCUT2D eigenvalue weighted by molar-refractivity contribution is 7.25. The Morgan fingerprint density at radius 2 is 1.06 bits per heavy atom. The molecule has 0 N–H and O–H groups in total. The molecule has 11 rings (SSSR count). The number of fused-ring (bicyclic) bond motifs is 9. The number of benzene rings is 8. The molecule has 8 aromatic carbocycles. The first-order valence-electron chi connectivity index (χ1n) is 18.2. The summed E-state index contributed by atoms with van der Waals surface area (Å²) in [4.78, 5) is 2.35. The summed E-state index contributed by atoms with van der Waals surface area (Å²) in [6.45, 7) is 2.35. The van der Waals surface area contributed by atoms with E-state index >= 15 is 0 Å². The van der Waals surface area contributed by atoms with Crippen molar-refractivity contribution in [3.63, 3.8) is 0 Å². The monoisotopic (exact) mass is 695 g/mol. The first-order valence-corrected chi connectivity index (χ1v) is 19.0. The van der Waals surface area contributed by atoms with E-state index in [1.165, 1.54) is 59.1 Å². The molecule has 0 saturated carbocycles. The molecule has 0 fully saturated rings. The van der Waals surface area contributed by atoms with Gasteiger partial charge in [0.2, 0.25) is 0 Å². The molecule has 0 spiro atoms. The molecule has 0 aliphatic heterocycles. The van der Waals surface area contributed by atoms with E-state index in [1.807, 2.05) is 11.3 Å². The standard InChI is InChI=1S/C50H33NOS/c1-50(44-16-8-5-13-38(44)39-14-6-9-17-45(39)50)34-22-26-40-43-29-33(21-28-46(43)52-47(40)30-34)32-19-23-36(24-20-32)51(35-11-3-2-4-12-35)37-25-27-42-41-15-7-10-18-48(41)53-49(42)31-37/h2-31H,1H3. The fourth-order valence-corrected chi connectivity index (χ4v) is 9.85. The van der Waals surface area contributed by atoms with Crippen LogP contribution < -0.4 is 4.90 Å². The van der Waals surface area contributed by atoms with Gasteiger partial charge >= 0.3 is 0 Å². The zero-order valence-corrected chi connectivity index (χ0v) is 29.9. The maximum Gasteiger partial charge on any atom is 0.135 e. The summed E-state index contributed by atoms with van der Waals surface area (Å²) in [5, 5.41) is 4.89. The third kappa shape index (κ3) is 4.57. The van der Waals surface area contributed by atoms with Crippen molar-refractivity contribution in [1.82, 2.24) is 0 Å². The second-order valence-electron chi connectivity index (χ2n) is 14.2. The van der Waals surface area contributed by atoms with E-state index in [9.17, 15) is 0 Å². The summed E-state index contributed by atoms with van der Waals surface area (Å²) >= 11 is 1.85. The Labute approximate surface area is 311 Å². The van der Waals surface area contributed by atoms with E-state index in [0.29, 0.717) is 0 Å². The number of hydrogen-bond acceptors (Lipinski definition) is 3. The van der Waals surface area contributed by atoms with Gasteiger partial charge in [0, 0.05) is 53.4 Å². The van der Waals surface area contributed by atoms with Gasteiger partial charge in [-0.3, -0.25) is 0 Å². The Morgan fingerprint density at radius 3 is 1.85 bits per heavy atom. The van der Waals surface area contributed by atoms with Crippen LogP contribution in [0.1, 0.15) is 23.6 Å². The third-order valence-electron chi connectivity index (χ3n) is 11.4. The maximum atomic E-state index is 6.56. The van der Waals surface area contributed by atoms with Crippen LogP contribution in [0.25, 0.3) is 64.4 Å². The van der Waals surface area contributed by atoms with Gasteiger partial charge in [-0.15, -0.1) is 11.3 Å². The van der Waals surface area contributed by atoms with Crippen molar-refractivity contribution < 1.29 is 4.42 Å². The average molecular weight is 696 g/mol. The van der Waals surface area contributed by atoms with E-state index in [1.54, 1.807) is 0 Å². The summed E-state index contributed by atoms with van der Waals surface area (Å²) in [5.41, 5.74) is 13.8. The van der Waals surface area contributed by atoms with Crippen molar-refractivity contribution in [2.45, 2.75) is 12.3 Å². The molecule has 3 heteroatoms. The van der Waals surface area contributed by atoms with Crippen LogP contribution in [0.3, 0.4) is 0 Å². The molecule has 2 nitrogen and oxygen atoms in total. The minimum Gasteiger partial charge on any atom is -0.456 e. The van der Waals surface area contributed by atoms with Crippen molar-refractivity contribution in [2.75, 3.05) is 4.90 Å². The second kappa shape index (κ2) is 11.5. The largest absolute Gasteiger partial charge is 0.456 e. The number of para-hydroxylation sites is 1. The fraction of sp³-hybridized carbons (Fsp3) is 0.0400. The Bertz CT molecular complexity index is 2980. The highest BCUT2D eigenvalue weighted by Crippen LogP contribution is 2.53. The van der Waals surface area contributed by atoms with Crippen LogP contribution in [0.5, 0.6) is 0 Å². The number of furan rings is 1. The molecule has 2 aromatic heterocycles. The quantitative estimate of drug-likeness (QED) is 0.178. The van der Waals surface area contributed by atoms with Crippen LogP contribution in [0.4, 0.5) is 17.1 Å². The van der Waals surface area contributed by atoms with Crippen molar-refractivity contribution in [1.29, 1.82) is 0 Å². The van der Waals surface area contributed by atoms with Gasteiger partial charge in [0.05, 0.1) is 0 Å². The van der Waals surface area contributed by atoms with E-state index < -0.39 is 0 Å². The predicted molar refractivity (Wildman–Crippen MR) is 224 cm³/mol. The zero-order chi connectivity index (χ0) is 35.1. The third-order valence-corrected chi connectivity index (χ3v) is 12.5. The highest BCUT2D eigenvalue weighted by atomic mass is 32.1. The Balaban J connectivity index is 0.963. The van der Waals surface area contributed by atoms with Gasteiger partial charge in [-0.2, -0.15) is 0 Å². The van der Waals surface area contributed by atoms with Gasteiger partial charge in [0.25, 0.3) is 0 Å². The molecular formula is C50H33NOS. The molecule has 250 valence electrons. The highest BCUT2D eigenvalue weighted by Gasteiger charge is 2.40. The summed E-state index contributed by atoms with van der Waals surface area (Å²) in [5.74, 6) is 0. The Hall–Kier alpha value is -6.42. The molecule has 0 unspecified atom stereocenters. The van der Waals surface area contributed by atoms with Crippen LogP contribution in [-0.2, 0) is 5.41 Å². The topological polar surface area (TPSA) is 16.4 Å². The molecule has 0 saturated heterocycles. The number of hydrogen-bond donors (Lipinski definition) is 0. The normalized spacial score (nSPS) is 13.2. The molecule has 2 heterocycles. The minimum atomic E-state index is -0.259. The van der Waals surface area contributed by atoms with Crippen LogP contribution in [0.2, 0.25) is 0 Å². The van der Waals surface area contributed by atoms with E-state index in [2.05, 4.69) is 194 Å². The number of thiophene rings is 1. The van der Waals surface area contributed by atoms with Crippen molar-refractivity contribution >= 4 is 70.5 Å². The molecule has 1 aliphatic carbocycles. The summed E-state index contributed by atoms with van der Waals surface area (Å²) in [6, 6.07) is 66.1. The number of nitrogens with zero attached hydrogens (tertiary/aromatic N) is 1. The second-order valence-corrected chi connectivity index (χ2v) is 15.3. The summed E-state index contributed by atoms with van der Waals surface area (Å²) < 4.78 is 9.17. The zero-order valence-electron chi connectivity index (χ0n) is 29.1. The van der Waals surface area contributed by atoms with E-state index in [4.69, 9.17) is 4.42 Å². The molecule has 0 radical (unpaired) electrons. The molecule has 1 aliphatic rings. The van der Waals surface area contributed by atoms with E-state index in [-0.39, 0.29) is 5.41 Å². The number of rotatable bonds is 5. The molecular weight excluding hydrogens is 663 g/mol. The van der Waals surface area contributed by atoms with E-state index in [0.717, 1.165) is 39.0 Å². The molecule has 0 bridgehead atoms. The van der Waals surface area contributed by atoms with Crippen molar-refractivity contribution in [3.05, 3.63) is 199 Å². The minimum absolute atomic E-state index is 0.259. The lowest BCUT2D eigenvalue weighted by Gasteiger charge is -2.28. The van der Waals surface area contributed by atoms with Gasteiger partial charge < -0.3 is 9.32 Å². The van der Waals surface area contributed by atoms with Crippen LogP contribution >= 0.6 is 11.3 Å². The van der Waals surface area contributed by atoms with Gasteiger partial charge in [-0.05, 0) is 107 Å². The van der Waals surface area contributed by atoms with Crippen LogP contribution in [-0.4, -0.2) is 0 Å². The first-order chi connectivity index (χ1) is 26.1. The molecule has 53 heavy (non-hydrogen) atoms.